The number of hydrogen-bond donors (Lipinski definition) is 0. The van der Waals surface area contributed by atoms with Crippen molar-refractivity contribution in [2.45, 2.75) is 44.4 Å². The SMILES string of the molecule is Cc1ccc2c(c1)C(=O)CCC21CC2=CCC1C2. The monoisotopic (exact) mass is 238 g/mol. The van der Waals surface area contributed by atoms with E-state index in [0.717, 1.165) is 24.3 Å². The summed E-state index contributed by atoms with van der Waals surface area (Å²) in [5, 5.41) is 0. The van der Waals surface area contributed by atoms with Crippen LogP contribution in [0.4, 0.5) is 0 Å². The molecule has 2 unspecified atom stereocenters. The second kappa shape index (κ2) is 3.34. The molecule has 1 nitrogen and oxygen atoms in total. The van der Waals surface area contributed by atoms with Crippen molar-refractivity contribution in [3.8, 4) is 0 Å². The normalized spacial score (nSPS) is 32.8. The van der Waals surface area contributed by atoms with Crippen LogP contribution in [-0.4, -0.2) is 5.78 Å². The fraction of sp³-hybridized carbons (Fsp3) is 0.471. The molecule has 0 saturated heterocycles. The zero-order valence-electron chi connectivity index (χ0n) is 10.8. The molecule has 1 heteroatoms. The maximum Gasteiger partial charge on any atom is 0.163 e. The lowest BCUT2D eigenvalue weighted by molar-refractivity contribution is 0.0939. The quantitative estimate of drug-likeness (QED) is 0.625. The second-order valence-corrected chi connectivity index (χ2v) is 6.30. The molecule has 3 aliphatic carbocycles. The molecule has 1 aromatic carbocycles. The first-order valence-electron chi connectivity index (χ1n) is 7.01. The summed E-state index contributed by atoms with van der Waals surface area (Å²) in [5.41, 5.74) is 5.54. The van der Waals surface area contributed by atoms with Crippen LogP contribution in [0.5, 0.6) is 0 Å². The Bertz CT molecular complexity index is 581. The average molecular weight is 238 g/mol. The Labute approximate surface area is 108 Å². The Morgan fingerprint density at radius 1 is 1.33 bits per heavy atom. The van der Waals surface area contributed by atoms with Crippen molar-refractivity contribution in [3.05, 3.63) is 46.5 Å². The maximum absolute atomic E-state index is 12.2. The van der Waals surface area contributed by atoms with Gasteiger partial charge >= 0.3 is 0 Å². The number of Topliss-reactive ketones (excluding diaryl/α,β-unsaturated/α-hetero) is 1. The number of fused-ring (bicyclic) bond motifs is 5. The van der Waals surface area contributed by atoms with Crippen LogP contribution in [-0.2, 0) is 5.41 Å². The van der Waals surface area contributed by atoms with Gasteiger partial charge in [-0.3, -0.25) is 4.79 Å². The highest BCUT2D eigenvalue weighted by atomic mass is 16.1. The molecule has 1 spiro atoms. The molecule has 0 aliphatic heterocycles. The smallest absolute Gasteiger partial charge is 0.163 e. The van der Waals surface area contributed by atoms with Gasteiger partial charge in [0.15, 0.2) is 5.78 Å². The average Bonchev–Trinajstić information content (AvgIpc) is 2.95. The number of rotatable bonds is 0. The molecule has 1 saturated carbocycles. The first-order valence-corrected chi connectivity index (χ1v) is 7.01. The molecule has 2 atom stereocenters. The molecular weight excluding hydrogens is 220 g/mol. The van der Waals surface area contributed by atoms with Gasteiger partial charge in [0.05, 0.1) is 0 Å². The van der Waals surface area contributed by atoms with E-state index in [9.17, 15) is 4.79 Å². The molecule has 0 heterocycles. The number of carbonyl (C=O) groups is 1. The van der Waals surface area contributed by atoms with Crippen molar-refractivity contribution in [2.75, 3.05) is 0 Å². The van der Waals surface area contributed by atoms with E-state index in [1.165, 1.54) is 30.4 Å². The summed E-state index contributed by atoms with van der Waals surface area (Å²) >= 11 is 0. The van der Waals surface area contributed by atoms with Crippen LogP contribution in [0.15, 0.2) is 29.8 Å². The van der Waals surface area contributed by atoms with Crippen LogP contribution in [0.3, 0.4) is 0 Å². The molecular formula is C17H18O. The van der Waals surface area contributed by atoms with E-state index in [1.54, 1.807) is 5.57 Å². The third-order valence-corrected chi connectivity index (χ3v) is 5.33. The summed E-state index contributed by atoms with van der Waals surface area (Å²) in [6, 6.07) is 6.53. The van der Waals surface area contributed by atoms with Gasteiger partial charge in [0.1, 0.15) is 0 Å². The minimum Gasteiger partial charge on any atom is -0.294 e. The van der Waals surface area contributed by atoms with E-state index in [1.807, 2.05) is 0 Å². The van der Waals surface area contributed by atoms with Gasteiger partial charge in [-0.2, -0.15) is 0 Å². The number of hydrogen-bond acceptors (Lipinski definition) is 1. The van der Waals surface area contributed by atoms with Crippen LogP contribution in [0, 0.1) is 12.8 Å². The number of allylic oxidation sites excluding steroid dienone is 2. The molecule has 2 bridgehead atoms. The number of ketones is 1. The van der Waals surface area contributed by atoms with Gasteiger partial charge in [0, 0.05) is 17.4 Å². The largest absolute Gasteiger partial charge is 0.294 e. The predicted molar refractivity (Wildman–Crippen MR) is 71.8 cm³/mol. The Kier molecular flexibility index (Phi) is 1.96. The van der Waals surface area contributed by atoms with Crippen molar-refractivity contribution in [1.82, 2.24) is 0 Å². The van der Waals surface area contributed by atoms with Crippen LogP contribution in [0.25, 0.3) is 0 Å². The summed E-state index contributed by atoms with van der Waals surface area (Å²) in [5.74, 6) is 1.12. The van der Waals surface area contributed by atoms with Crippen molar-refractivity contribution >= 4 is 5.78 Å². The highest BCUT2D eigenvalue weighted by Gasteiger charge is 2.51. The molecule has 3 aliphatic rings. The summed E-state index contributed by atoms with van der Waals surface area (Å²) < 4.78 is 0. The maximum atomic E-state index is 12.2. The van der Waals surface area contributed by atoms with Gasteiger partial charge in [-0.15, -0.1) is 0 Å². The van der Waals surface area contributed by atoms with Crippen LogP contribution in [0.1, 0.15) is 53.6 Å². The molecule has 0 N–H and O–H groups in total. The third kappa shape index (κ3) is 1.20. The fourth-order valence-electron chi connectivity index (χ4n) is 4.44. The van der Waals surface area contributed by atoms with Gasteiger partial charge < -0.3 is 0 Å². The first-order chi connectivity index (χ1) is 8.69. The zero-order valence-corrected chi connectivity index (χ0v) is 10.8. The van der Waals surface area contributed by atoms with Crippen molar-refractivity contribution < 1.29 is 4.79 Å². The van der Waals surface area contributed by atoms with E-state index < -0.39 is 0 Å². The Balaban J connectivity index is 1.92. The van der Waals surface area contributed by atoms with Gasteiger partial charge in [-0.05, 0) is 50.2 Å². The highest BCUT2D eigenvalue weighted by molar-refractivity contribution is 5.99. The summed E-state index contributed by atoms with van der Waals surface area (Å²) in [6.07, 6.45) is 7.98. The minimum atomic E-state index is 0.307. The topological polar surface area (TPSA) is 17.1 Å². The standard InChI is InChI=1S/C17H18O/c1-11-2-5-15-14(8-11)16(18)6-7-17(15)10-12-3-4-13(17)9-12/h2-3,5,8,13H,4,6-7,9-10H2,1H3. The summed E-state index contributed by atoms with van der Waals surface area (Å²) in [4.78, 5) is 12.2. The second-order valence-electron chi connectivity index (χ2n) is 6.30. The van der Waals surface area contributed by atoms with Gasteiger partial charge in [-0.25, -0.2) is 0 Å². The van der Waals surface area contributed by atoms with E-state index in [0.29, 0.717) is 11.2 Å². The molecule has 1 aromatic rings. The summed E-state index contributed by atoms with van der Waals surface area (Å²) in [7, 11) is 0. The summed E-state index contributed by atoms with van der Waals surface area (Å²) in [6.45, 7) is 2.08. The Hall–Kier alpha value is -1.37. The Morgan fingerprint density at radius 2 is 2.22 bits per heavy atom. The van der Waals surface area contributed by atoms with E-state index in [2.05, 4.69) is 31.2 Å². The van der Waals surface area contributed by atoms with Gasteiger partial charge in [-0.1, -0.05) is 29.3 Å². The van der Waals surface area contributed by atoms with E-state index in [4.69, 9.17) is 0 Å². The Morgan fingerprint density at radius 3 is 2.94 bits per heavy atom. The lowest BCUT2D eigenvalue weighted by atomic mass is 9.62. The highest BCUT2D eigenvalue weighted by Crippen LogP contribution is 2.58. The van der Waals surface area contributed by atoms with Crippen molar-refractivity contribution in [1.29, 1.82) is 0 Å². The number of carbonyl (C=O) groups excluding carboxylic acids is 1. The fourth-order valence-corrected chi connectivity index (χ4v) is 4.44. The van der Waals surface area contributed by atoms with Crippen LogP contribution >= 0.6 is 0 Å². The molecule has 0 amide bonds. The molecule has 18 heavy (non-hydrogen) atoms. The van der Waals surface area contributed by atoms with Crippen LogP contribution < -0.4 is 0 Å². The number of aryl methyl sites for hydroxylation is 1. The lowest BCUT2D eigenvalue weighted by Gasteiger charge is -2.41. The van der Waals surface area contributed by atoms with Gasteiger partial charge in [0.25, 0.3) is 0 Å². The number of benzene rings is 1. The van der Waals surface area contributed by atoms with Crippen molar-refractivity contribution in [3.63, 3.8) is 0 Å². The molecule has 0 aromatic heterocycles. The minimum absolute atomic E-state index is 0.307. The van der Waals surface area contributed by atoms with Crippen LogP contribution in [0.2, 0.25) is 0 Å². The molecule has 0 radical (unpaired) electrons. The van der Waals surface area contributed by atoms with E-state index >= 15 is 0 Å². The van der Waals surface area contributed by atoms with Crippen molar-refractivity contribution in [2.24, 2.45) is 5.92 Å². The molecule has 1 fully saturated rings. The zero-order chi connectivity index (χ0) is 12.3. The lowest BCUT2D eigenvalue weighted by Crippen LogP contribution is -2.37. The first kappa shape index (κ1) is 10.5. The predicted octanol–water partition coefficient (Wildman–Crippen LogP) is 3.95. The molecule has 4 rings (SSSR count). The van der Waals surface area contributed by atoms with Gasteiger partial charge in [0.2, 0.25) is 0 Å². The molecule has 92 valence electrons. The van der Waals surface area contributed by atoms with E-state index in [-0.39, 0.29) is 0 Å². The third-order valence-electron chi connectivity index (χ3n) is 5.33.